The molecule has 1 N–H and O–H groups in total. The number of piperidine rings is 1. The molecule has 2 aromatic rings. The number of benzene rings is 1. The van der Waals surface area contributed by atoms with E-state index in [9.17, 15) is 4.79 Å². The van der Waals surface area contributed by atoms with Crippen molar-refractivity contribution in [3.63, 3.8) is 0 Å². The summed E-state index contributed by atoms with van der Waals surface area (Å²) in [5.74, 6) is 0.766. The molecule has 0 atom stereocenters. The van der Waals surface area contributed by atoms with E-state index in [1.807, 2.05) is 24.3 Å². The number of nitrogens with one attached hydrogen (secondary N) is 1. The predicted molar refractivity (Wildman–Crippen MR) is 106 cm³/mol. The summed E-state index contributed by atoms with van der Waals surface area (Å²) >= 11 is 3.47. The molecule has 0 spiro atoms. The molecule has 26 heavy (non-hydrogen) atoms. The van der Waals surface area contributed by atoms with Crippen LogP contribution in [0, 0.1) is 5.92 Å². The van der Waals surface area contributed by atoms with Crippen molar-refractivity contribution in [2.24, 2.45) is 5.92 Å². The van der Waals surface area contributed by atoms with Crippen LogP contribution in [-0.2, 0) is 17.6 Å². The lowest BCUT2D eigenvalue weighted by Gasteiger charge is -2.31. The third-order valence-corrected chi connectivity index (χ3v) is 5.47. The van der Waals surface area contributed by atoms with Gasteiger partial charge in [0, 0.05) is 23.5 Å². The normalized spacial score (nSPS) is 15.1. The summed E-state index contributed by atoms with van der Waals surface area (Å²) in [5, 5.41) is 11.6. The largest absolute Gasteiger partial charge is 0.339 e. The second-order valence-corrected chi connectivity index (χ2v) is 7.30. The number of aryl methyl sites for hydroxylation is 2. The lowest BCUT2D eigenvalue weighted by Crippen LogP contribution is -2.39. The van der Waals surface area contributed by atoms with Crippen LogP contribution in [0.3, 0.4) is 0 Å². The van der Waals surface area contributed by atoms with Crippen LogP contribution in [0.5, 0.6) is 0 Å². The topological polar surface area (TPSA) is 71.0 Å². The third kappa shape index (κ3) is 4.20. The Labute approximate surface area is 162 Å². The highest BCUT2D eigenvalue weighted by Gasteiger charge is 2.27. The Balaban J connectivity index is 1.60. The average molecular weight is 418 g/mol. The Kier molecular flexibility index (Phi) is 6.19. The fourth-order valence-electron chi connectivity index (χ4n) is 3.20. The number of rotatable bonds is 5. The Bertz CT molecular complexity index is 774. The molecule has 1 aromatic heterocycles. The van der Waals surface area contributed by atoms with E-state index in [0.29, 0.717) is 5.95 Å². The van der Waals surface area contributed by atoms with E-state index in [4.69, 9.17) is 0 Å². The van der Waals surface area contributed by atoms with Crippen LogP contribution in [0.2, 0.25) is 0 Å². The molecule has 1 aliphatic heterocycles. The first-order chi connectivity index (χ1) is 12.6. The summed E-state index contributed by atoms with van der Waals surface area (Å²) in [5.41, 5.74) is 2.81. The van der Waals surface area contributed by atoms with Crippen LogP contribution in [0.1, 0.15) is 38.1 Å². The number of para-hydroxylation sites is 1. The van der Waals surface area contributed by atoms with Crippen molar-refractivity contribution in [2.75, 3.05) is 23.3 Å². The first kappa shape index (κ1) is 18.8. The van der Waals surface area contributed by atoms with Crippen LogP contribution in [0.15, 0.2) is 28.7 Å². The summed E-state index contributed by atoms with van der Waals surface area (Å²) in [7, 11) is 0. The highest BCUT2D eigenvalue weighted by molar-refractivity contribution is 9.10. The third-order valence-electron chi connectivity index (χ3n) is 4.78. The molecule has 1 fully saturated rings. The zero-order valence-corrected chi connectivity index (χ0v) is 16.8. The first-order valence-corrected chi connectivity index (χ1v) is 9.94. The predicted octanol–water partition coefficient (Wildman–Crippen LogP) is 3.61. The highest BCUT2D eigenvalue weighted by Crippen LogP contribution is 2.25. The molecule has 0 radical (unpaired) electrons. The fourth-order valence-corrected chi connectivity index (χ4v) is 3.59. The number of halogens is 1. The summed E-state index contributed by atoms with van der Waals surface area (Å²) in [6.07, 6.45) is 3.28. The van der Waals surface area contributed by atoms with E-state index in [1.54, 1.807) is 0 Å². The van der Waals surface area contributed by atoms with Crippen molar-refractivity contribution in [2.45, 2.75) is 39.5 Å². The first-order valence-electron chi connectivity index (χ1n) is 9.15. The van der Waals surface area contributed by atoms with Crippen molar-refractivity contribution in [1.82, 2.24) is 15.2 Å². The lowest BCUT2D eigenvalue weighted by molar-refractivity contribution is -0.120. The fraction of sp³-hybridized carbons (Fsp3) is 0.474. The van der Waals surface area contributed by atoms with Crippen molar-refractivity contribution in [1.29, 1.82) is 0 Å². The van der Waals surface area contributed by atoms with Gasteiger partial charge in [0.1, 0.15) is 0 Å². The van der Waals surface area contributed by atoms with E-state index in [0.717, 1.165) is 60.3 Å². The van der Waals surface area contributed by atoms with Gasteiger partial charge in [0.15, 0.2) is 0 Å². The number of aromatic nitrogens is 3. The number of amides is 1. The molecular weight excluding hydrogens is 394 g/mol. The van der Waals surface area contributed by atoms with Crippen LogP contribution < -0.4 is 10.2 Å². The second-order valence-electron chi connectivity index (χ2n) is 6.44. The number of hydrogen-bond acceptors (Lipinski definition) is 5. The van der Waals surface area contributed by atoms with Gasteiger partial charge in [-0.05, 0) is 53.7 Å². The Hall–Kier alpha value is -2.02. The van der Waals surface area contributed by atoms with Gasteiger partial charge in [-0.1, -0.05) is 26.0 Å². The molecule has 1 saturated heterocycles. The van der Waals surface area contributed by atoms with Gasteiger partial charge in [0.25, 0.3) is 0 Å². The van der Waals surface area contributed by atoms with Gasteiger partial charge >= 0.3 is 0 Å². The SMILES string of the molecule is CCc1nnc(N2CCC(C(=O)Nc3ccccc3Br)CC2)nc1CC. The van der Waals surface area contributed by atoms with Gasteiger partial charge in [-0.3, -0.25) is 4.79 Å². The van der Waals surface area contributed by atoms with Gasteiger partial charge in [-0.25, -0.2) is 4.98 Å². The zero-order chi connectivity index (χ0) is 18.5. The van der Waals surface area contributed by atoms with Gasteiger partial charge in [-0.2, -0.15) is 5.10 Å². The number of nitrogens with zero attached hydrogens (tertiary/aromatic N) is 4. The zero-order valence-electron chi connectivity index (χ0n) is 15.2. The minimum atomic E-state index is 0.00637. The Morgan fingerprint density at radius 3 is 2.50 bits per heavy atom. The van der Waals surface area contributed by atoms with Gasteiger partial charge < -0.3 is 10.2 Å². The molecule has 138 valence electrons. The second kappa shape index (κ2) is 8.58. The maximum Gasteiger partial charge on any atom is 0.245 e. The van der Waals surface area contributed by atoms with E-state index in [-0.39, 0.29) is 11.8 Å². The Morgan fingerprint density at radius 2 is 1.85 bits per heavy atom. The van der Waals surface area contributed by atoms with Crippen LogP contribution >= 0.6 is 15.9 Å². The molecule has 0 unspecified atom stereocenters. The molecular formula is C19H24BrN5O. The van der Waals surface area contributed by atoms with Crippen molar-refractivity contribution in [3.05, 3.63) is 40.1 Å². The minimum absolute atomic E-state index is 0.00637. The molecule has 6 nitrogen and oxygen atoms in total. The maximum atomic E-state index is 12.6. The molecule has 3 rings (SSSR count). The molecule has 7 heteroatoms. The smallest absolute Gasteiger partial charge is 0.245 e. The quantitative estimate of drug-likeness (QED) is 0.803. The molecule has 0 bridgehead atoms. The lowest BCUT2D eigenvalue weighted by atomic mass is 9.96. The van der Waals surface area contributed by atoms with Crippen LogP contribution in [0.25, 0.3) is 0 Å². The molecule has 1 amide bonds. The highest BCUT2D eigenvalue weighted by atomic mass is 79.9. The number of anilines is 2. The summed E-state index contributed by atoms with van der Waals surface area (Å²) in [4.78, 5) is 19.4. The summed E-state index contributed by atoms with van der Waals surface area (Å²) in [6, 6.07) is 7.67. The monoisotopic (exact) mass is 417 g/mol. The molecule has 2 heterocycles. The molecule has 0 saturated carbocycles. The van der Waals surface area contributed by atoms with E-state index >= 15 is 0 Å². The average Bonchev–Trinajstić information content (AvgIpc) is 2.69. The molecule has 1 aliphatic rings. The van der Waals surface area contributed by atoms with E-state index in [1.165, 1.54) is 0 Å². The Morgan fingerprint density at radius 1 is 1.15 bits per heavy atom. The number of carbonyl (C=O) groups excluding carboxylic acids is 1. The number of hydrogen-bond donors (Lipinski definition) is 1. The van der Waals surface area contributed by atoms with Crippen molar-refractivity contribution >= 4 is 33.5 Å². The van der Waals surface area contributed by atoms with Gasteiger partial charge in [-0.15, -0.1) is 5.10 Å². The van der Waals surface area contributed by atoms with Gasteiger partial charge in [0.05, 0.1) is 17.1 Å². The standard InChI is InChI=1S/C19H24BrN5O/c1-3-15-16(4-2)23-24-19(22-15)25-11-9-13(10-12-25)18(26)21-17-8-6-5-7-14(17)20/h5-8,13H,3-4,9-12H2,1-2H3,(H,21,26). The van der Waals surface area contributed by atoms with Crippen molar-refractivity contribution in [3.8, 4) is 0 Å². The molecule has 1 aromatic carbocycles. The van der Waals surface area contributed by atoms with Crippen LogP contribution in [-0.4, -0.2) is 34.2 Å². The molecule has 0 aliphatic carbocycles. The van der Waals surface area contributed by atoms with E-state index in [2.05, 4.69) is 55.2 Å². The minimum Gasteiger partial charge on any atom is -0.339 e. The van der Waals surface area contributed by atoms with Crippen molar-refractivity contribution < 1.29 is 4.79 Å². The maximum absolute atomic E-state index is 12.6. The van der Waals surface area contributed by atoms with Crippen LogP contribution in [0.4, 0.5) is 11.6 Å². The summed E-state index contributed by atoms with van der Waals surface area (Å²) in [6.45, 7) is 5.69. The summed E-state index contributed by atoms with van der Waals surface area (Å²) < 4.78 is 0.897. The number of carbonyl (C=O) groups is 1. The van der Waals surface area contributed by atoms with Gasteiger partial charge in [0.2, 0.25) is 11.9 Å². The van der Waals surface area contributed by atoms with E-state index < -0.39 is 0 Å².